The van der Waals surface area contributed by atoms with Gasteiger partial charge in [-0.2, -0.15) is 26.2 Å². The average Bonchev–Trinajstić information content (AvgIpc) is 1.93. The molecule has 0 fully saturated rings. The van der Waals surface area contributed by atoms with Gasteiger partial charge in [-0.3, -0.25) is 0 Å². The molecule has 0 aliphatic heterocycles. The van der Waals surface area contributed by atoms with Gasteiger partial charge in [-0.15, -0.1) is 0 Å². The Morgan fingerprint density at radius 3 is 0.818 bits per heavy atom. The van der Waals surface area contributed by atoms with E-state index in [9.17, 15) is 0 Å². The molecule has 0 atom stereocenters. The van der Waals surface area contributed by atoms with E-state index in [1.807, 2.05) is 27.7 Å². The van der Waals surface area contributed by atoms with Crippen molar-refractivity contribution >= 4 is 0 Å². The summed E-state index contributed by atoms with van der Waals surface area (Å²) in [5.41, 5.74) is 0. The Morgan fingerprint density at radius 2 is 0.818 bits per heavy atom. The van der Waals surface area contributed by atoms with E-state index in [4.69, 9.17) is 0 Å². The van der Waals surface area contributed by atoms with Crippen LogP contribution in [0.2, 0.25) is 0 Å². The zero-order valence-corrected chi connectivity index (χ0v) is 9.41. The smallest absolute Gasteiger partial charge is 0.663 e. The van der Waals surface area contributed by atoms with E-state index in [-0.39, 0.29) is 17.4 Å². The maximum Gasteiger partial charge on any atom is 2.00 e. The first-order valence-electron chi connectivity index (χ1n) is 4.09. The van der Waals surface area contributed by atoms with E-state index in [2.05, 4.69) is 10.6 Å². The molecule has 68 valence electrons. The Bertz CT molecular complexity index is 33.1. The summed E-state index contributed by atoms with van der Waals surface area (Å²) in [6, 6.07) is 0. The normalized spacial score (nSPS) is 7.64. The van der Waals surface area contributed by atoms with Gasteiger partial charge in [0.1, 0.15) is 0 Å². The molecular formula is C8H20CrN2. The summed E-state index contributed by atoms with van der Waals surface area (Å²) in [4.78, 5) is 0. The van der Waals surface area contributed by atoms with Crippen LogP contribution in [0.4, 0.5) is 0 Å². The topological polar surface area (TPSA) is 28.2 Å². The predicted molar refractivity (Wildman–Crippen MR) is 48.9 cm³/mol. The van der Waals surface area contributed by atoms with Crippen LogP contribution in [0.5, 0.6) is 0 Å². The zero-order valence-electron chi connectivity index (χ0n) is 8.13. The largest absolute Gasteiger partial charge is 2.00 e. The molecule has 0 unspecified atom stereocenters. The van der Waals surface area contributed by atoms with E-state index in [0.717, 1.165) is 26.2 Å². The Labute approximate surface area is 82.3 Å². The third kappa shape index (κ3) is 37.7. The Hall–Kier alpha value is 0.452. The van der Waals surface area contributed by atoms with Gasteiger partial charge in [-0.05, 0) is 0 Å². The van der Waals surface area contributed by atoms with Crippen molar-refractivity contribution < 1.29 is 17.4 Å². The minimum absolute atomic E-state index is 0. The quantitative estimate of drug-likeness (QED) is 0.661. The molecular weight excluding hydrogens is 176 g/mol. The van der Waals surface area contributed by atoms with Gasteiger partial charge in [-0.1, -0.05) is 27.7 Å². The Kier molecular flexibility index (Phi) is 35.7. The van der Waals surface area contributed by atoms with E-state index in [1.165, 1.54) is 0 Å². The second-order valence-electron chi connectivity index (χ2n) is 1.71. The fourth-order valence-corrected chi connectivity index (χ4v) is 0.447. The minimum atomic E-state index is 0. The van der Waals surface area contributed by atoms with Crippen LogP contribution in [-0.2, 0) is 17.4 Å². The van der Waals surface area contributed by atoms with Crippen molar-refractivity contribution in [2.75, 3.05) is 26.2 Å². The third-order valence-electron chi connectivity index (χ3n) is 0.894. The number of rotatable bonds is 4. The fourth-order valence-electron chi connectivity index (χ4n) is 0.447. The molecule has 0 aliphatic carbocycles. The van der Waals surface area contributed by atoms with E-state index >= 15 is 0 Å². The van der Waals surface area contributed by atoms with Crippen molar-refractivity contribution in [2.45, 2.75) is 27.7 Å². The van der Waals surface area contributed by atoms with Gasteiger partial charge in [0.05, 0.1) is 0 Å². The molecule has 3 heteroatoms. The molecule has 0 aromatic carbocycles. The summed E-state index contributed by atoms with van der Waals surface area (Å²) in [5, 5.41) is 7.94. The zero-order chi connectivity index (χ0) is 8.24. The van der Waals surface area contributed by atoms with Crippen molar-refractivity contribution in [2.24, 2.45) is 0 Å². The molecule has 0 aromatic rings. The first-order chi connectivity index (χ1) is 4.83. The Balaban J connectivity index is -0.000000107. The molecule has 0 amide bonds. The first kappa shape index (κ1) is 17.5. The summed E-state index contributed by atoms with van der Waals surface area (Å²) < 4.78 is 0. The molecule has 0 saturated carbocycles. The van der Waals surface area contributed by atoms with Crippen LogP contribution in [0.1, 0.15) is 27.7 Å². The predicted octanol–water partition coefficient (Wildman–Crippen LogP) is 2.80. The summed E-state index contributed by atoms with van der Waals surface area (Å²) in [6.07, 6.45) is 0. The van der Waals surface area contributed by atoms with Crippen LogP contribution < -0.4 is 0 Å². The van der Waals surface area contributed by atoms with Crippen LogP contribution in [-0.4, -0.2) is 26.2 Å². The molecule has 0 N–H and O–H groups in total. The molecule has 11 heavy (non-hydrogen) atoms. The average molecular weight is 196 g/mol. The SMILES string of the molecule is CC[N-]CC.CC[N-]CC.[Cr+2]. The van der Waals surface area contributed by atoms with E-state index in [1.54, 1.807) is 0 Å². The van der Waals surface area contributed by atoms with Crippen LogP contribution >= 0.6 is 0 Å². The van der Waals surface area contributed by atoms with Gasteiger partial charge < -0.3 is 10.6 Å². The molecule has 0 bridgehead atoms. The first-order valence-corrected chi connectivity index (χ1v) is 4.09. The Morgan fingerprint density at radius 1 is 0.636 bits per heavy atom. The van der Waals surface area contributed by atoms with Crippen molar-refractivity contribution in [3.63, 3.8) is 0 Å². The molecule has 0 radical (unpaired) electrons. The minimum Gasteiger partial charge on any atom is -0.663 e. The molecule has 0 saturated heterocycles. The number of hydrogen-bond acceptors (Lipinski definition) is 0. The monoisotopic (exact) mass is 196 g/mol. The van der Waals surface area contributed by atoms with Gasteiger partial charge in [-0.25, -0.2) is 0 Å². The van der Waals surface area contributed by atoms with Gasteiger partial charge in [0.25, 0.3) is 0 Å². The summed E-state index contributed by atoms with van der Waals surface area (Å²) >= 11 is 0. The third-order valence-corrected chi connectivity index (χ3v) is 0.894. The number of nitrogens with zero attached hydrogens (tertiary/aromatic N) is 2. The molecule has 0 spiro atoms. The van der Waals surface area contributed by atoms with Gasteiger partial charge in [0.15, 0.2) is 0 Å². The van der Waals surface area contributed by atoms with Crippen LogP contribution in [0.3, 0.4) is 0 Å². The molecule has 0 rings (SSSR count). The molecule has 2 nitrogen and oxygen atoms in total. The van der Waals surface area contributed by atoms with Crippen molar-refractivity contribution in [1.29, 1.82) is 0 Å². The summed E-state index contributed by atoms with van der Waals surface area (Å²) in [5.74, 6) is 0. The summed E-state index contributed by atoms with van der Waals surface area (Å²) in [7, 11) is 0. The van der Waals surface area contributed by atoms with Gasteiger partial charge >= 0.3 is 17.4 Å². The second kappa shape index (κ2) is 22.4. The van der Waals surface area contributed by atoms with Crippen LogP contribution in [0.15, 0.2) is 0 Å². The molecule has 0 aliphatic rings. The molecule has 0 aromatic heterocycles. The van der Waals surface area contributed by atoms with Crippen LogP contribution in [0.25, 0.3) is 10.6 Å². The summed E-state index contributed by atoms with van der Waals surface area (Å²) in [6.45, 7) is 12.1. The maximum atomic E-state index is 3.97. The fraction of sp³-hybridized carbons (Fsp3) is 1.00. The van der Waals surface area contributed by atoms with Crippen molar-refractivity contribution in [3.05, 3.63) is 10.6 Å². The van der Waals surface area contributed by atoms with Crippen molar-refractivity contribution in [3.8, 4) is 0 Å². The van der Waals surface area contributed by atoms with E-state index in [0.29, 0.717) is 0 Å². The van der Waals surface area contributed by atoms with Gasteiger partial charge in [0.2, 0.25) is 0 Å². The van der Waals surface area contributed by atoms with Crippen LogP contribution in [0, 0.1) is 0 Å². The molecule has 0 heterocycles. The van der Waals surface area contributed by atoms with Crippen molar-refractivity contribution in [1.82, 2.24) is 0 Å². The standard InChI is InChI=1S/2C4H10N.Cr/c2*1-3-5-4-2;/h2*3-4H2,1-2H3;/q2*-1;+2. The van der Waals surface area contributed by atoms with E-state index < -0.39 is 0 Å². The maximum absolute atomic E-state index is 3.97. The number of hydrogen-bond donors (Lipinski definition) is 0. The second-order valence-corrected chi connectivity index (χ2v) is 1.71. The van der Waals surface area contributed by atoms with Gasteiger partial charge in [0, 0.05) is 0 Å².